The number of rotatable bonds is 6. The Balaban J connectivity index is 2.36. The summed E-state index contributed by atoms with van der Waals surface area (Å²) in [4.78, 5) is 21.6. The lowest BCUT2D eigenvalue weighted by atomic mass is 10.1. The lowest BCUT2D eigenvalue weighted by molar-refractivity contribution is -0.138. The van der Waals surface area contributed by atoms with Crippen LogP contribution >= 0.6 is 0 Å². The largest absolute Gasteiger partial charge is 0.508 e. The van der Waals surface area contributed by atoms with Crippen LogP contribution in [0.4, 0.5) is 0 Å². The maximum absolute atomic E-state index is 11.4. The topological polar surface area (TPSA) is 113 Å². The standard InChI is InChI=1S/C12H16N2O4/c13-10(12(18)14-7-11(16)17)6-3-8-1-4-9(15)5-2-8/h1-2,4-5,10,15H,3,6-7,13H2,(H,14,18)(H,16,17). The lowest BCUT2D eigenvalue weighted by Gasteiger charge is -2.11. The fourth-order valence-corrected chi connectivity index (χ4v) is 1.41. The minimum atomic E-state index is -1.10. The van der Waals surface area contributed by atoms with Gasteiger partial charge in [0.1, 0.15) is 12.3 Å². The minimum Gasteiger partial charge on any atom is -0.508 e. The number of hydrogen-bond donors (Lipinski definition) is 4. The van der Waals surface area contributed by atoms with Crippen LogP contribution in [0.5, 0.6) is 5.75 Å². The highest BCUT2D eigenvalue weighted by molar-refractivity contribution is 5.84. The third-order valence-corrected chi connectivity index (χ3v) is 2.43. The highest BCUT2D eigenvalue weighted by Crippen LogP contribution is 2.11. The molecular weight excluding hydrogens is 236 g/mol. The molecule has 0 spiro atoms. The zero-order valence-electron chi connectivity index (χ0n) is 9.80. The second kappa shape index (κ2) is 6.61. The van der Waals surface area contributed by atoms with E-state index in [0.29, 0.717) is 12.8 Å². The van der Waals surface area contributed by atoms with Crippen LogP contribution < -0.4 is 11.1 Å². The minimum absolute atomic E-state index is 0.183. The van der Waals surface area contributed by atoms with Gasteiger partial charge in [-0.15, -0.1) is 0 Å². The van der Waals surface area contributed by atoms with Gasteiger partial charge in [0.05, 0.1) is 6.04 Å². The molecule has 0 bridgehead atoms. The van der Waals surface area contributed by atoms with Crippen molar-refractivity contribution in [3.05, 3.63) is 29.8 Å². The van der Waals surface area contributed by atoms with E-state index in [1.165, 1.54) is 0 Å². The molecule has 0 saturated heterocycles. The molecule has 5 N–H and O–H groups in total. The average Bonchev–Trinajstić information content (AvgIpc) is 2.34. The van der Waals surface area contributed by atoms with Gasteiger partial charge in [-0.2, -0.15) is 0 Å². The first-order valence-electron chi connectivity index (χ1n) is 5.52. The zero-order chi connectivity index (χ0) is 13.5. The molecule has 1 rings (SSSR count). The van der Waals surface area contributed by atoms with Crippen LogP contribution in [0.25, 0.3) is 0 Å². The Morgan fingerprint density at radius 2 is 1.89 bits per heavy atom. The molecule has 0 aliphatic rings. The van der Waals surface area contributed by atoms with Crippen LogP contribution in [0.2, 0.25) is 0 Å². The SMILES string of the molecule is NC(CCc1ccc(O)cc1)C(=O)NCC(=O)O. The monoisotopic (exact) mass is 252 g/mol. The Hall–Kier alpha value is -2.08. The number of hydrogen-bond acceptors (Lipinski definition) is 4. The first-order valence-corrected chi connectivity index (χ1v) is 5.52. The number of carboxylic acids is 1. The summed E-state index contributed by atoms with van der Waals surface area (Å²) >= 11 is 0. The highest BCUT2D eigenvalue weighted by Gasteiger charge is 2.13. The molecule has 6 nitrogen and oxygen atoms in total. The Labute approximate surface area is 104 Å². The fourth-order valence-electron chi connectivity index (χ4n) is 1.41. The molecule has 0 aliphatic heterocycles. The Morgan fingerprint density at radius 3 is 2.44 bits per heavy atom. The van der Waals surface area contributed by atoms with Crippen molar-refractivity contribution in [1.29, 1.82) is 0 Å². The van der Waals surface area contributed by atoms with E-state index in [2.05, 4.69) is 5.32 Å². The molecular formula is C12H16N2O4. The molecule has 6 heteroatoms. The van der Waals surface area contributed by atoms with Gasteiger partial charge in [0.2, 0.25) is 5.91 Å². The van der Waals surface area contributed by atoms with E-state index in [1.807, 2.05) is 0 Å². The van der Waals surface area contributed by atoms with E-state index < -0.39 is 24.5 Å². The Morgan fingerprint density at radius 1 is 1.28 bits per heavy atom. The van der Waals surface area contributed by atoms with Gasteiger partial charge in [-0.05, 0) is 30.5 Å². The molecule has 1 amide bonds. The molecule has 1 aromatic carbocycles. The third-order valence-electron chi connectivity index (χ3n) is 2.43. The summed E-state index contributed by atoms with van der Waals surface area (Å²) in [6.45, 7) is -0.425. The van der Waals surface area contributed by atoms with E-state index in [-0.39, 0.29) is 5.75 Å². The third kappa shape index (κ3) is 4.84. The Bertz CT molecular complexity index is 417. The number of aliphatic carboxylic acids is 1. The van der Waals surface area contributed by atoms with Crippen molar-refractivity contribution in [3.63, 3.8) is 0 Å². The van der Waals surface area contributed by atoms with Gasteiger partial charge >= 0.3 is 5.97 Å². The molecule has 18 heavy (non-hydrogen) atoms. The fraction of sp³-hybridized carbons (Fsp3) is 0.333. The maximum Gasteiger partial charge on any atom is 0.322 e. The van der Waals surface area contributed by atoms with Crippen molar-refractivity contribution in [1.82, 2.24) is 5.32 Å². The van der Waals surface area contributed by atoms with E-state index in [9.17, 15) is 9.59 Å². The number of carboxylic acid groups (broad SMARTS) is 1. The average molecular weight is 252 g/mol. The predicted molar refractivity (Wildman–Crippen MR) is 65.0 cm³/mol. The normalized spacial score (nSPS) is 11.8. The number of carbonyl (C=O) groups excluding carboxylic acids is 1. The van der Waals surface area contributed by atoms with Crippen molar-refractivity contribution < 1.29 is 19.8 Å². The van der Waals surface area contributed by atoms with Gasteiger partial charge in [0, 0.05) is 0 Å². The summed E-state index contributed by atoms with van der Waals surface area (Å²) in [6, 6.07) is 5.88. The van der Waals surface area contributed by atoms with E-state index in [4.69, 9.17) is 15.9 Å². The number of benzene rings is 1. The number of nitrogens with two attached hydrogens (primary N) is 1. The lowest BCUT2D eigenvalue weighted by Crippen LogP contribution is -2.42. The second-order valence-electron chi connectivity index (χ2n) is 3.92. The molecule has 0 fully saturated rings. The van der Waals surface area contributed by atoms with Crippen LogP contribution in [0.1, 0.15) is 12.0 Å². The van der Waals surface area contributed by atoms with E-state index in [1.54, 1.807) is 24.3 Å². The van der Waals surface area contributed by atoms with Gasteiger partial charge in [0.25, 0.3) is 0 Å². The van der Waals surface area contributed by atoms with Gasteiger partial charge in [-0.25, -0.2) is 0 Å². The second-order valence-corrected chi connectivity index (χ2v) is 3.92. The van der Waals surface area contributed by atoms with Gasteiger partial charge in [0.15, 0.2) is 0 Å². The molecule has 1 atom stereocenters. The summed E-state index contributed by atoms with van der Waals surface area (Å²) in [5, 5.41) is 19.7. The predicted octanol–water partition coefficient (Wildman–Crippen LogP) is -0.147. The quantitative estimate of drug-likeness (QED) is 0.562. The number of nitrogens with one attached hydrogen (secondary N) is 1. The molecule has 0 aliphatic carbocycles. The van der Waals surface area contributed by atoms with Gasteiger partial charge in [-0.3, -0.25) is 9.59 Å². The van der Waals surface area contributed by atoms with Crippen LogP contribution in [-0.2, 0) is 16.0 Å². The summed E-state index contributed by atoms with van der Waals surface area (Å²) in [5.74, 6) is -1.40. The van der Waals surface area contributed by atoms with E-state index in [0.717, 1.165) is 5.56 Å². The number of carbonyl (C=O) groups is 2. The van der Waals surface area contributed by atoms with Crippen molar-refractivity contribution in [2.24, 2.45) is 5.73 Å². The molecule has 0 heterocycles. The Kier molecular flexibility index (Phi) is 5.13. The van der Waals surface area contributed by atoms with Crippen molar-refractivity contribution in [2.75, 3.05) is 6.54 Å². The number of aryl methyl sites for hydroxylation is 1. The molecule has 0 aromatic heterocycles. The zero-order valence-corrected chi connectivity index (χ0v) is 9.80. The van der Waals surface area contributed by atoms with Gasteiger partial charge in [-0.1, -0.05) is 12.1 Å². The molecule has 1 unspecified atom stereocenters. The maximum atomic E-state index is 11.4. The van der Waals surface area contributed by atoms with Crippen LogP contribution in [0, 0.1) is 0 Å². The summed E-state index contributed by atoms with van der Waals surface area (Å²) < 4.78 is 0. The van der Waals surface area contributed by atoms with Crippen LogP contribution in [0.3, 0.4) is 0 Å². The first kappa shape index (κ1) is 14.0. The van der Waals surface area contributed by atoms with Crippen LogP contribution in [0.15, 0.2) is 24.3 Å². The number of aromatic hydroxyl groups is 1. The summed E-state index contributed by atoms with van der Waals surface area (Å²) in [6.07, 6.45) is 0.998. The van der Waals surface area contributed by atoms with Crippen molar-refractivity contribution in [3.8, 4) is 5.75 Å². The van der Waals surface area contributed by atoms with Crippen molar-refractivity contribution in [2.45, 2.75) is 18.9 Å². The molecule has 0 radical (unpaired) electrons. The molecule has 0 saturated carbocycles. The molecule has 98 valence electrons. The van der Waals surface area contributed by atoms with Crippen LogP contribution in [-0.4, -0.2) is 34.7 Å². The first-order chi connectivity index (χ1) is 8.49. The molecule has 1 aromatic rings. The highest BCUT2D eigenvalue weighted by atomic mass is 16.4. The summed E-state index contributed by atoms with van der Waals surface area (Å²) in [7, 11) is 0. The number of phenols is 1. The summed E-state index contributed by atoms with van der Waals surface area (Å²) in [5.41, 5.74) is 6.58. The smallest absolute Gasteiger partial charge is 0.322 e. The van der Waals surface area contributed by atoms with E-state index >= 15 is 0 Å². The van der Waals surface area contributed by atoms with Crippen molar-refractivity contribution >= 4 is 11.9 Å². The number of amides is 1. The van der Waals surface area contributed by atoms with Gasteiger partial charge < -0.3 is 21.3 Å². The number of phenolic OH excluding ortho intramolecular Hbond substituents is 1.